The van der Waals surface area contributed by atoms with Crippen LogP contribution >= 0.6 is 90.4 Å². The Morgan fingerprint density at radius 1 is 1.04 bits per heavy atom. The van der Waals surface area contributed by atoms with Gasteiger partial charge in [-0.1, -0.05) is 6.92 Å². The molecule has 0 aliphatic heterocycles. The summed E-state index contributed by atoms with van der Waals surface area (Å²) in [7, 11) is 1.39. The number of nitrogens with two attached hydrogens (primary N) is 1. The molecule has 0 saturated heterocycles. The maximum Gasteiger partial charge on any atom is 0.410 e. The molecule has 17 heteroatoms. The van der Waals surface area contributed by atoms with E-state index < -0.39 is 24.0 Å². The first-order valence-corrected chi connectivity index (χ1v) is 19.5. The number of benzene rings is 2. The molecule has 0 spiro atoms. The molecule has 13 nitrogen and oxygen atoms in total. The van der Waals surface area contributed by atoms with Gasteiger partial charge in [0.25, 0.3) is 6.47 Å². The maximum absolute atomic E-state index is 12.3. The van der Waals surface area contributed by atoms with E-state index in [4.69, 9.17) is 29.4 Å². The molecule has 2 aromatic rings. The molecule has 3 unspecified atom stereocenters. The van der Waals surface area contributed by atoms with Crippen molar-refractivity contribution in [3.05, 3.63) is 44.1 Å². The van der Waals surface area contributed by atoms with Crippen LogP contribution in [0.15, 0.2) is 29.3 Å². The lowest BCUT2D eigenvalue weighted by Crippen LogP contribution is -2.41. The van der Waals surface area contributed by atoms with Gasteiger partial charge in [-0.25, -0.2) is 4.79 Å². The minimum Gasteiger partial charge on any atom is -0.489 e. The number of halogens is 4. The number of aliphatic hydroxyl groups excluding tert-OH is 1. The van der Waals surface area contributed by atoms with Gasteiger partial charge in [-0.2, -0.15) is 0 Å². The van der Waals surface area contributed by atoms with Crippen LogP contribution in [0.2, 0.25) is 0 Å². The molecule has 1 amide bonds. The minimum atomic E-state index is -0.916. The van der Waals surface area contributed by atoms with E-state index in [0.717, 1.165) is 26.3 Å². The smallest absolute Gasteiger partial charge is 0.410 e. The van der Waals surface area contributed by atoms with E-state index in [1.54, 1.807) is 20.8 Å². The van der Waals surface area contributed by atoms with Crippen LogP contribution in [0.1, 0.15) is 52.5 Å². The fourth-order valence-electron chi connectivity index (χ4n) is 4.24. The Labute approximate surface area is 341 Å². The van der Waals surface area contributed by atoms with E-state index in [-0.39, 0.29) is 37.4 Å². The number of alkyl carbamates (subject to hydrolysis) is 1. The fourth-order valence-corrected chi connectivity index (χ4v) is 8.41. The van der Waals surface area contributed by atoms with Gasteiger partial charge < -0.3 is 39.8 Å². The highest BCUT2D eigenvalue weighted by Gasteiger charge is 2.23. The zero-order valence-corrected chi connectivity index (χ0v) is 36.4. The molecular weight excluding hydrogens is 1090 g/mol. The molecule has 0 fully saturated rings. The molecule has 0 aliphatic carbocycles. The van der Waals surface area contributed by atoms with E-state index in [2.05, 4.69) is 106 Å². The molecule has 3 atom stereocenters. The van der Waals surface area contributed by atoms with Gasteiger partial charge in [-0.15, -0.1) is 0 Å². The number of aliphatic hydroxyl groups is 1. The second-order valence-corrected chi connectivity index (χ2v) is 16.3. The number of guanidine groups is 1. The summed E-state index contributed by atoms with van der Waals surface area (Å²) < 4.78 is 30.6. The molecule has 0 aromatic heterocycles. The third-order valence-electron chi connectivity index (χ3n) is 6.56. The summed E-state index contributed by atoms with van der Waals surface area (Å²) in [5, 5.41) is 16.0. The molecule has 272 valence electrons. The Morgan fingerprint density at radius 3 is 2.16 bits per heavy atom. The molecular formula is C32H42I4N4O9. The van der Waals surface area contributed by atoms with Gasteiger partial charge in [0.05, 0.1) is 26.7 Å². The van der Waals surface area contributed by atoms with E-state index in [9.17, 15) is 19.5 Å². The molecule has 0 heterocycles. The number of esters is 1. The van der Waals surface area contributed by atoms with Gasteiger partial charge in [-0.05, 0) is 160 Å². The highest BCUT2D eigenvalue weighted by atomic mass is 127. The summed E-state index contributed by atoms with van der Waals surface area (Å²) in [6.45, 7) is 8.09. The Morgan fingerprint density at radius 2 is 1.63 bits per heavy atom. The normalized spacial score (nSPS) is 13.5. The molecule has 2 rings (SSSR count). The van der Waals surface area contributed by atoms with Gasteiger partial charge in [0.15, 0.2) is 12.2 Å². The average Bonchev–Trinajstić information content (AvgIpc) is 3.00. The average molecular weight is 1130 g/mol. The third-order valence-corrected chi connectivity index (χ3v) is 10.1. The number of hydrogen-bond acceptors (Lipinski definition) is 10. The second-order valence-electron chi connectivity index (χ2n) is 11.6. The number of hydrogen-bond donors (Lipinski definition) is 4. The van der Waals surface area contributed by atoms with Crippen molar-refractivity contribution in [3.63, 3.8) is 0 Å². The zero-order chi connectivity index (χ0) is 36.7. The van der Waals surface area contributed by atoms with Crippen LogP contribution in [0, 0.1) is 20.2 Å². The van der Waals surface area contributed by atoms with Crippen molar-refractivity contribution in [1.29, 1.82) is 0 Å². The molecule has 0 aliphatic rings. The molecule has 2 aromatic carbocycles. The van der Waals surface area contributed by atoms with Crippen molar-refractivity contribution < 1.29 is 43.2 Å². The van der Waals surface area contributed by atoms with E-state index in [1.165, 1.54) is 7.11 Å². The summed E-state index contributed by atoms with van der Waals surface area (Å²) in [5.74, 6) is 1.66. The van der Waals surface area contributed by atoms with Gasteiger partial charge in [-0.3, -0.25) is 19.9 Å². The second kappa shape index (κ2) is 21.7. The van der Waals surface area contributed by atoms with Crippen LogP contribution in [-0.2, 0) is 30.2 Å². The predicted molar refractivity (Wildman–Crippen MR) is 219 cm³/mol. The van der Waals surface area contributed by atoms with E-state index >= 15 is 0 Å². The standard InChI is InChI=1S/C32H42I4N4O9/c1-6-18(29(43)45-5)8-7-9-38-30(37)39-15-19(42)16-46-28-25(35)12-21(13-26(28)36)48-20-10-23(33)22(24(34)11-20)14-27(47-17-41)40-31(44)49-32(2,3)4/h10-13,17-19,27,42H,6-9,14-16H2,1-5H3,(H,40,44)(H3,37,38,39). The van der Waals surface area contributed by atoms with Crippen molar-refractivity contribution in [2.75, 3.05) is 26.8 Å². The molecule has 0 bridgehead atoms. The summed E-state index contributed by atoms with van der Waals surface area (Å²) in [5.41, 5.74) is 6.10. The lowest BCUT2D eigenvalue weighted by Gasteiger charge is -2.23. The topological polar surface area (TPSA) is 180 Å². The summed E-state index contributed by atoms with van der Waals surface area (Å²) in [6, 6.07) is 7.38. The molecule has 5 N–H and O–H groups in total. The quantitative estimate of drug-likeness (QED) is 0.0199. The minimum absolute atomic E-state index is 0.00967. The van der Waals surface area contributed by atoms with Crippen molar-refractivity contribution >= 4 is 115 Å². The molecule has 49 heavy (non-hydrogen) atoms. The fraction of sp³-hybridized carbons (Fsp3) is 0.500. The van der Waals surface area contributed by atoms with Crippen LogP contribution < -0.4 is 25.8 Å². The number of nitrogens with one attached hydrogen (secondary N) is 2. The van der Waals surface area contributed by atoms with Crippen molar-refractivity contribution in [3.8, 4) is 17.2 Å². The highest BCUT2D eigenvalue weighted by molar-refractivity contribution is 14.1. The number of amides is 1. The van der Waals surface area contributed by atoms with Crippen LogP contribution in [0.25, 0.3) is 0 Å². The zero-order valence-electron chi connectivity index (χ0n) is 27.8. The number of methoxy groups -OCH3 is 1. The van der Waals surface area contributed by atoms with Gasteiger partial charge in [0, 0.05) is 20.1 Å². The van der Waals surface area contributed by atoms with E-state index in [1.807, 2.05) is 31.2 Å². The monoisotopic (exact) mass is 1130 g/mol. The largest absolute Gasteiger partial charge is 0.489 e. The number of nitrogens with zero attached hydrogens (tertiary/aromatic N) is 1. The Bertz CT molecular complexity index is 1410. The lowest BCUT2D eigenvalue weighted by molar-refractivity contribution is -0.145. The summed E-state index contributed by atoms with van der Waals surface area (Å²) in [4.78, 5) is 39.3. The summed E-state index contributed by atoms with van der Waals surface area (Å²) in [6.07, 6.45) is -0.136. The van der Waals surface area contributed by atoms with Gasteiger partial charge in [0.2, 0.25) is 0 Å². The SMILES string of the molecule is CCC(CCCNC(N)=NCC(O)COc1c(I)cc(Oc2cc(I)c(CC(NC(=O)OC(C)(C)C)OC=O)c(I)c2)cc1I)C(=O)OC. The number of carbonyl (C=O) groups is 3. The highest BCUT2D eigenvalue weighted by Crippen LogP contribution is 2.35. The summed E-state index contributed by atoms with van der Waals surface area (Å²) >= 11 is 8.66. The Hall–Kier alpha value is -1.60. The molecule has 0 radical (unpaired) electrons. The van der Waals surface area contributed by atoms with Crippen molar-refractivity contribution in [1.82, 2.24) is 10.6 Å². The van der Waals surface area contributed by atoms with Crippen LogP contribution in [0.3, 0.4) is 0 Å². The Balaban J connectivity index is 1.96. The third kappa shape index (κ3) is 16.1. The van der Waals surface area contributed by atoms with Crippen LogP contribution in [-0.4, -0.2) is 74.3 Å². The van der Waals surface area contributed by atoms with Gasteiger partial charge >= 0.3 is 12.1 Å². The Kier molecular flexibility index (Phi) is 19.3. The first-order chi connectivity index (χ1) is 23.1. The number of rotatable bonds is 18. The maximum atomic E-state index is 12.3. The van der Waals surface area contributed by atoms with E-state index in [0.29, 0.717) is 43.1 Å². The number of ether oxygens (including phenoxy) is 5. The molecule has 0 saturated carbocycles. The van der Waals surface area contributed by atoms with Crippen molar-refractivity contribution in [2.45, 2.75) is 71.3 Å². The van der Waals surface area contributed by atoms with Crippen molar-refractivity contribution in [2.24, 2.45) is 16.6 Å². The lowest BCUT2D eigenvalue weighted by atomic mass is 10.0. The van der Waals surface area contributed by atoms with Crippen LogP contribution in [0.5, 0.6) is 17.2 Å². The predicted octanol–water partition coefficient (Wildman–Crippen LogP) is 6.09. The number of carbonyl (C=O) groups excluding carboxylic acids is 3. The van der Waals surface area contributed by atoms with Gasteiger partial charge in [0.1, 0.15) is 35.6 Å². The first-order valence-electron chi connectivity index (χ1n) is 15.2. The first kappa shape index (κ1) is 43.6. The number of aliphatic imine (C=N–C) groups is 1. The van der Waals surface area contributed by atoms with Crippen LogP contribution in [0.4, 0.5) is 4.79 Å².